The molecule has 1 fully saturated rings. The first kappa shape index (κ1) is 14.9. The van der Waals surface area contributed by atoms with Gasteiger partial charge < -0.3 is 16.1 Å². The molecule has 0 radical (unpaired) electrons. The van der Waals surface area contributed by atoms with E-state index in [0.717, 1.165) is 12.8 Å². The molecule has 1 aromatic rings. The van der Waals surface area contributed by atoms with Crippen molar-refractivity contribution in [1.29, 1.82) is 0 Å². The Morgan fingerprint density at radius 1 is 1.43 bits per heavy atom. The minimum atomic E-state index is -0.614. The van der Waals surface area contributed by atoms with Crippen LogP contribution in [-0.2, 0) is 4.79 Å². The zero-order valence-electron chi connectivity index (χ0n) is 11.3. The molecule has 0 unspecified atom stereocenters. The number of nitrogens with zero attached hydrogens (tertiary/aromatic N) is 3. The largest absolute Gasteiger partial charge is 0.364 e. The molecule has 0 bridgehead atoms. The summed E-state index contributed by atoms with van der Waals surface area (Å²) in [5, 5.41) is 16.7. The van der Waals surface area contributed by atoms with Crippen LogP contribution in [0, 0.1) is 10.1 Å². The molecule has 0 spiro atoms. The highest BCUT2D eigenvalue weighted by Crippen LogP contribution is 2.27. The second-order valence-corrected chi connectivity index (χ2v) is 4.69. The second-order valence-electron chi connectivity index (χ2n) is 4.69. The Hall–Kier alpha value is -2.49. The summed E-state index contributed by atoms with van der Waals surface area (Å²) in [4.78, 5) is 29.4. The van der Waals surface area contributed by atoms with Gasteiger partial charge in [-0.3, -0.25) is 14.9 Å². The van der Waals surface area contributed by atoms with E-state index in [1.165, 1.54) is 6.33 Å². The first-order valence-electron chi connectivity index (χ1n) is 6.61. The quantitative estimate of drug-likeness (QED) is 0.229. The molecule has 5 N–H and O–H groups in total. The van der Waals surface area contributed by atoms with Gasteiger partial charge >= 0.3 is 5.69 Å². The average molecular weight is 295 g/mol. The molecular weight excluding hydrogens is 278 g/mol. The summed E-state index contributed by atoms with van der Waals surface area (Å²) in [7, 11) is 0. The molecule has 10 heteroatoms. The second kappa shape index (κ2) is 6.79. The third-order valence-corrected chi connectivity index (χ3v) is 2.96. The maximum absolute atomic E-state index is 11.5. The Kier molecular flexibility index (Phi) is 4.82. The number of anilines is 2. The van der Waals surface area contributed by atoms with Gasteiger partial charge in [0.25, 0.3) is 0 Å². The van der Waals surface area contributed by atoms with Crippen LogP contribution >= 0.6 is 0 Å². The van der Waals surface area contributed by atoms with Crippen molar-refractivity contribution in [2.24, 2.45) is 5.84 Å². The summed E-state index contributed by atoms with van der Waals surface area (Å²) in [5.41, 5.74) is 1.84. The van der Waals surface area contributed by atoms with Crippen LogP contribution in [0.4, 0.5) is 17.3 Å². The van der Waals surface area contributed by atoms with E-state index in [9.17, 15) is 14.9 Å². The molecular formula is C11H17N7O3. The van der Waals surface area contributed by atoms with E-state index in [0.29, 0.717) is 25.4 Å². The molecule has 10 nitrogen and oxygen atoms in total. The summed E-state index contributed by atoms with van der Waals surface area (Å²) in [5.74, 6) is 5.19. The van der Waals surface area contributed by atoms with Crippen molar-refractivity contribution in [3.63, 3.8) is 0 Å². The van der Waals surface area contributed by atoms with Crippen LogP contribution in [0.3, 0.4) is 0 Å². The van der Waals surface area contributed by atoms with Crippen LogP contribution < -0.4 is 21.9 Å². The lowest BCUT2D eigenvalue weighted by Gasteiger charge is -2.08. The third-order valence-electron chi connectivity index (χ3n) is 2.96. The smallest absolute Gasteiger partial charge is 0.354 e. The number of aromatic nitrogens is 2. The topological polar surface area (TPSA) is 148 Å². The van der Waals surface area contributed by atoms with Crippen molar-refractivity contribution >= 4 is 23.2 Å². The Bertz CT molecular complexity index is 533. The van der Waals surface area contributed by atoms with Gasteiger partial charge in [-0.1, -0.05) is 0 Å². The van der Waals surface area contributed by atoms with E-state index in [2.05, 4.69) is 26.0 Å². The molecule has 0 saturated heterocycles. The average Bonchev–Trinajstić information content (AvgIpc) is 3.26. The van der Waals surface area contributed by atoms with Gasteiger partial charge in [0.05, 0.1) is 4.92 Å². The summed E-state index contributed by atoms with van der Waals surface area (Å²) in [6.07, 6.45) is 4.18. The molecule has 1 aliphatic carbocycles. The van der Waals surface area contributed by atoms with Crippen molar-refractivity contribution in [3.05, 3.63) is 16.4 Å². The SMILES string of the molecule is NNc1ncnc(NCCCC(=O)NC2CC2)c1[N+](=O)[O-]. The van der Waals surface area contributed by atoms with Crippen molar-refractivity contribution in [2.45, 2.75) is 31.7 Å². The normalized spacial score (nSPS) is 13.6. The highest BCUT2D eigenvalue weighted by atomic mass is 16.6. The Balaban J connectivity index is 1.84. The standard InChI is InChI=1S/C11H17N7O3/c12-17-11-9(18(20)21)10(14-6-15-11)13-5-1-2-8(19)16-7-3-4-7/h6-7H,1-5,12H2,(H,16,19)(H2,13,14,15,17). The number of rotatable bonds is 8. The number of carbonyl (C=O) groups excluding carboxylic acids is 1. The van der Waals surface area contributed by atoms with Crippen LogP contribution in [0.1, 0.15) is 25.7 Å². The number of hydrogen-bond acceptors (Lipinski definition) is 8. The van der Waals surface area contributed by atoms with Crippen LogP contribution in [0.5, 0.6) is 0 Å². The fourth-order valence-corrected chi connectivity index (χ4v) is 1.77. The van der Waals surface area contributed by atoms with E-state index in [-0.39, 0.29) is 23.2 Å². The van der Waals surface area contributed by atoms with E-state index >= 15 is 0 Å². The number of hydrazine groups is 1. The molecule has 1 heterocycles. The monoisotopic (exact) mass is 295 g/mol. The maximum atomic E-state index is 11.5. The van der Waals surface area contributed by atoms with Gasteiger partial charge in [0.15, 0.2) is 0 Å². The Labute approximate surface area is 120 Å². The molecule has 1 aromatic heterocycles. The molecule has 21 heavy (non-hydrogen) atoms. The highest BCUT2D eigenvalue weighted by molar-refractivity contribution is 5.76. The molecule has 1 saturated carbocycles. The van der Waals surface area contributed by atoms with Gasteiger partial charge in [-0.2, -0.15) is 0 Å². The highest BCUT2D eigenvalue weighted by Gasteiger charge is 2.23. The first-order valence-corrected chi connectivity index (χ1v) is 6.61. The lowest BCUT2D eigenvalue weighted by molar-refractivity contribution is -0.383. The number of nitrogens with two attached hydrogens (primary N) is 1. The van der Waals surface area contributed by atoms with Crippen LogP contribution in [0.15, 0.2) is 6.33 Å². The zero-order chi connectivity index (χ0) is 15.2. The summed E-state index contributed by atoms with van der Waals surface area (Å²) < 4.78 is 0. The van der Waals surface area contributed by atoms with Crippen LogP contribution in [0.2, 0.25) is 0 Å². The molecule has 0 aliphatic heterocycles. The van der Waals surface area contributed by atoms with Gasteiger partial charge in [0.2, 0.25) is 17.5 Å². The minimum absolute atomic E-state index is 0.000742. The number of nitrogens with one attached hydrogen (secondary N) is 3. The van der Waals surface area contributed by atoms with Crippen molar-refractivity contribution in [2.75, 3.05) is 17.3 Å². The molecule has 1 aliphatic rings. The lowest BCUT2D eigenvalue weighted by Crippen LogP contribution is -2.25. The third kappa shape index (κ3) is 4.24. The van der Waals surface area contributed by atoms with Crippen molar-refractivity contribution in [1.82, 2.24) is 15.3 Å². The van der Waals surface area contributed by atoms with Gasteiger partial charge in [-0.05, 0) is 19.3 Å². The summed E-state index contributed by atoms with van der Waals surface area (Å²) >= 11 is 0. The number of hydrogen-bond donors (Lipinski definition) is 4. The van der Waals surface area contributed by atoms with Crippen molar-refractivity contribution in [3.8, 4) is 0 Å². The van der Waals surface area contributed by atoms with Crippen molar-refractivity contribution < 1.29 is 9.72 Å². The van der Waals surface area contributed by atoms with Gasteiger partial charge in [0, 0.05) is 19.0 Å². The van der Waals surface area contributed by atoms with Gasteiger partial charge in [0.1, 0.15) is 6.33 Å². The zero-order valence-corrected chi connectivity index (χ0v) is 11.3. The molecule has 114 valence electrons. The molecule has 2 rings (SSSR count). The van der Waals surface area contributed by atoms with Crippen LogP contribution in [0.25, 0.3) is 0 Å². The summed E-state index contributed by atoms with van der Waals surface area (Å²) in [6, 6.07) is 0.339. The van der Waals surface area contributed by atoms with E-state index in [4.69, 9.17) is 5.84 Å². The number of carbonyl (C=O) groups is 1. The first-order chi connectivity index (χ1) is 10.1. The van der Waals surface area contributed by atoms with E-state index in [1.54, 1.807) is 0 Å². The van der Waals surface area contributed by atoms with Gasteiger partial charge in [-0.15, -0.1) is 0 Å². The summed E-state index contributed by atoms with van der Waals surface area (Å²) in [6.45, 7) is 0.389. The van der Waals surface area contributed by atoms with E-state index < -0.39 is 4.92 Å². The maximum Gasteiger partial charge on any atom is 0.354 e. The lowest BCUT2D eigenvalue weighted by atomic mass is 10.3. The van der Waals surface area contributed by atoms with Crippen LogP contribution in [-0.4, -0.2) is 33.4 Å². The van der Waals surface area contributed by atoms with E-state index in [1.807, 2.05) is 0 Å². The molecule has 0 aromatic carbocycles. The fraction of sp³-hybridized carbons (Fsp3) is 0.545. The number of nitro groups is 1. The predicted molar refractivity (Wildman–Crippen MR) is 75.4 cm³/mol. The number of nitrogen functional groups attached to an aromatic ring is 1. The fourth-order valence-electron chi connectivity index (χ4n) is 1.77. The Morgan fingerprint density at radius 2 is 2.14 bits per heavy atom. The molecule has 0 atom stereocenters. The molecule has 1 amide bonds. The van der Waals surface area contributed by atoms with Gasteiger partial charge in [-0.25, -0.2) is 15.8 Å². The number of amides is 1. The minimum Gasteiger partial charge on any atom is -0.364 e. The predicted octanol–water partition coefficient (Wildman–Crippen LogP) is 0.141. The Morgan fingerprint density at radius 3 is 2.76 bits per heavy atom.